The van der Waals surface area contributed by atoms with Gasteiger partial charge < -0.3 is 4.74 Å². The summed E-state index contributed by atoms with van der Waals surface area (Å²) in [6.07, 6.45) is 9.78. The second kappa shape index (κ2) is 6.46. The van der Waals surface area contributed by atoms with Crippen LogP contribution in [-0.2, 0) is 6.42 Å². The van der Waals surface area contributed by atoms with Crippen molar-refractivity contribution in [3.05, 3.63) is 42.5 Å². The highest BCUT2D eigenvalue weighted by Gasteiger charge is 2.18. The fourth-order valence-corrected chi connectivity index (χ4v) is 2.27. The molecule has 6 nitrogen and oxygen atoms in total. The van der Waals surface area contributed by atoms with E-state index in [9.17, 15) is 4.39 Å². The maximum atomic E-state index is 13.3. The number of allylic oxidation sites excluding steroid dienone is 1. The molecule has 0 fully saturated rings. The van der Waals surface area contributed by atoms with Crippen LogP contribution < -0.4 is 4.74 Å². The Bertz CT molecular complexity index is 709. The number of hydrogen-bond donors (Lipinski definition) is 0. The molecule has 0 saturated heterocycles. The number of aromatic nitrogens is 4. The fourth-order valence-electron chi connectivity index (χ4n) is 2.27. The zero-order valence-corrected chi connectivity index (χ0v) is 12.2. The molecular formula is C15H16FN5O. The van der Waals surface area contributed by atoms with Crippen molar-refractivity contribution in [1.82, 2.24) is 19.7 Å². The zero-order valence-electron chi connectivity index (χ0n) is 12.2. The molecule has 3 rings (SSSR count). The maximum absolute atomic E-state index is 13.3. The van der Waals surface area contributed by atoms with E-state index in [0.717, 1.165) is 18.4 Å². The van der Waals surface area contributed by atoms with Gasteiger partial charge in [-0.1, -0.05) is 19.4 Å². The second-order valence-corrected chi connectivity index (χ2v) is 4.89. The Kier molecular flexibility index (Phi) is 4.22. The lowest BCUT2D eigenvalue weighted by Gasteiger charge is -2.17. The molecular weight excluding hydrogens is 285 g/mol. The van der Waals surface area contributed by atoms with E-state index in [1.54, 1.807) is 29.2 Å². The molecule has 22 heavy (non-hydrogen) atoms. The summed E-state index contributed by atoms with van der Waals surface area (Å²) < 4.78 is 20.7. The summed E-state index contributed by atoms with van der Waals surface area (Å²) in [5.41, 5.74) is 0.927. The van der Waals surface area contributed by atoms with E-state index in [1.165, 1.54) is 12.4 Å². The number of ether oxygens (including phenoxy) is 1. The van der Waals surface area contributed by atoms with E-state index in [4.69, 9.17) is 4.74 Å². The van der Waals surface area contributed by atoms with Gasteiger partial charge in [-0.2, -0.15) is 9.49 Å². The molecule has 1 unspecified atom stereocenters. The third-order valence-corrected chi connectivity index (χ3v) is 3.26. The normalized spacial score (nSPS) is 17.4. The molecule has 0 spiro atoms. The van der Waals surface area contributed by atoms with Crippen molar-refractivity contribution in [3.63, 3.8) is 0 Å². The van der Waals surface area contributed by atoms with Crippen LogP contribution in [0.2, 0.25) is 0 Å². The van der Waals surface area contributed by atoms with Crippen LogP contribution in [0, 0.1) is 0 Å². The highest BCUT2D eigenvalue weighted by molar-refractivity contribution is 5.87. The SMILES string of the molecule is CCCc1cncnc1Oc1ccnn1C1CC=CC(F)=N1. The topological polar surface area (TPSA) is 65.2 Å². The molecule has 114 valence electrons. The monoisotopic (exact) mass is 301 g/mol. The van der Waals surface area contributed by atoms with Gasteiger partial charge in [0.05, 0.1) is 6.20 Å². The standard InChI is InChI=1S/C15H16FN5O/c1-2-4-11-9-17-10-18-15(11)22-14-7-8-19-21(14)13-6-3-5-12(16)20-13/h3,5,7-10,13H,2,4,6H2,1H3. The summed E-state index contributed by atoms with van der Waals surface area (Å²) in [7, 11) is 0. The summed E-state index contributed by atoms with van der Waals surface area (Å²) in [5.74, 6) is 0.466. The van der Waals surface area contributed by atoms with Gasteiger partial charge in [0.25, 0.3) is 0 Å². The van der Waals surface area contributed by atoms with E-state index in [2.05, 4.69) is 27.0 Å². The number of rotatable bonds is 5. The van der Waals surface area contributed by atoms with Crippen LogP contribution >= 0.6 is 0 Å². The first kappa shape index (κ1) is 14.4. The van der Waals surface area contributed by atoms with Crippen LogP contribution in [0.25, 0.3) is 0 Å². The van der Waals surface area contributed by atoms with Crippen LogP contribution in [0.15, 0.2) is 41.9 Å². The zero-order chi connectivity index (χ0) is 15.4. The van der Waals surface area contributed by atoms with Crippen molar-refractivity contribution in [3.8, 4) is 11.8 Å². The van der Waals surface area contributed by atoms with Crippen LogP contribution in [0.4, 0.5) is 4.39 Å². The third-order valence-electron chi connectivity index (χ3n) is 3.26. The van der Waals surface area contributed by atoms with Gasteiger partial charge in [-0.25, -0.2) is 19.6 Å². The molecule has 0 N–H and O–H groups in total. The number of halogens is 1. The largest absolute Gasteiger partial charge is 0.420 e. The maximum Gasteiger partial charge on any atom is 0.227 e. The van der Waals surface area contributed by atoms with E-state index in [1.807, 2.05) is 0 Å². The van der Waals surface area contributed by atoms with E-state index >= 15 is 0 Å². The first-order valence-corrected chi connectivity index (χ1v) is 7.18. The van der Waals surface area contributed by atoms with Crippen LogP contribution in [0.3, 0.4) is 0 Å². The van der Waals surface area contributed by atoms with Gasteiger partial charge in [-0.15, -0.1) is 0 Å². The Morgan fingerprint density at radius 1 is 1.45 bits per heavy atom. The molecule has 0 radical (unpaired) electrons. The minimum Gasteiger partial charge on any atom is -0.420 e. The van der Waals surface area contributed by atoms with Gasteiger partial charge >= 0.3 is 0 Å². The van der Waals surface area contributed by atoms with Gasteiger partial charge in [-0.05, 0) is 12.5 Å². The minimum absolute atomic E-state index is 0.438. The number of dihydropyridines is 1. The average Bonchev–Trinajstić information content (AvgIpc) is 2.98. The number of aliphatic imine (C=N–C) groups is 1. The Morgan fingerprint density at radius 3 is 3.18 bits per heavy atom. The summed E-state index contributed by atoms with van der Waals surface area (Å²) in [6.45, 7) is 2.08. The molecule has 3 heterocycles. The van der Waals surface area contributed by atoms with Gasteiger partial charge in [0.2, 0.25) is 17.7 Å². The quantitative estimate of drug-likeness (QED) is 0.850. The van der Waals surface area contributed by atoms with E-state index in [0.29, 0.717) is 18.2 Å². The molecule has 0 saturated carbocycles. The first-order valence-electron chi connectivity index (χ1n) is 7.18. The lowest BCUT2D eigenvalue weighted by molar-refractivity contribution is 0.356. The Morgan fingerprint density at radius 2 is 2.36 bits per heavy atom. The van der Waals surface area contributed by atoms with Crippen molar-refractivity contribution < 1.29 is 9.13 Å². The van der Waals surface area contributed by atoms with E-state index in [-0.39, 0.29) is 0 Å². The molecule has 0 aromatic carbocycles. The Balaban J connectivity index is 1.86. The van der Waals surface area contributed by atoms with Crippen molar-refractivity contribution in [1.29, 1.82) is 0 Å². The molecule has 1 aliphatic heterocycles. The lowest BCUT2D eigenvalue weighted by atomic mass is 10.2. The van der Waals surface area contributed by atoms with Crippen LogP contribution in [-0.4, -0.2) is 25.7 Å². The van der Waals surface area contributed by atoms with Crippen LogP contribution in [0.1, 0.15) is 31.5 Å². The van der Waals surface area contributed by atoms with Gasteiger partial charge in [0, 0.05) is 24.2 Å². The van der Waals surface area contributed by atoms with Crippen molar-refractivity contribution in [2.75, 3.05) is 0 Å². The Labute approximate surface area is 127 Å². The molecule has 7 heteroatoms. The number of nitrogens with zero attached hydrogens (tertiary/aromatic N) is 5. The predicted octanol–water partition coefficient (Wildman–Crippen LogP) is 3.24. The second-order valence-electron chi connectivity index (χ2n) is 4.89. The van der Waals surface area contributed by atoms with Crippen molar-refractivity contribution in [2.24, 2.45) is 4.99 Å². The molecule has 2 aromatic rings. The van der Waals surface area contributed by atoms with Gasteiger partial charge in [-0.3, -0.25) is 0 Å². The predicted molar refractivity (Wildman–Crippen MR) is 79.7 cm³/mol. The molecule has 0 bridgehead atoms. The summed E-state index contributed by atoms with van der Waals surface area (Å²) >= 11 is 0. The van der Waals surface area contributed by atoms with E-state index < -0.39 is 12.1 Å². The van der Waals surface area contributed by atoms with Gasteiger partial charge in [0.15, 0.2) is 6.17 Å². The average molecular weight is 301 g/mol. The molecule has 1 atom stereocenters. The molecule has 1 aliphatic rings. The molecule has 0 aliphatic carbocycles. The third kappa shape index (κ3) is 3.03. The summed E-state index contributed by atoms with van der Waals surface area (Å²) in [4.78, 5) is 12.1. The highest BCUT2D eigenvalue weighted by Crippen LogP contribution is 2.28. The molecule has 0 amide bonds. The highest BCUT2D eigenvalue weighted by atomic mass is 19.1. The Hall–Kier alpha value is -2.57. The fraction of sp³-hybridized carbons (Fsp3) is 0.333. The first-order chi connectivity index (χ1) is 10.8. The van der Waals surface area contributed by atoms with Crippen molar-refractivity contribution >= 4 is 5.97 Å². The molecule has 2 aromatic heterocycles. The number of aryl methyl sites for hydroxylation is 1. The number of hydrogen-bond acceptors (Lipinski definition) is 5. The van der Waals surface area contributed by atoms with Gasteiger partial charge in [0.1, 0.15) is 6.33 Å². The summed E-state index contributed by atoms with van der Waals surface area (Å²) in [5, 5.41) is 4.19. The van der Waals surface area contributed by atoms with Crippen molar-refractivity contribution in [2.45, 2.75) is 32.4 Å². The minimum atomic E-state index is -0.508. The summed E-state index contributed by atoms with van der Waals surface area (Å²) in [6, 6.07) is 1.71. The van der Waals surface area contributed by atoms with Crippen LogP contribution in [0.5, 0.6) is 11.8 Å². The lowest BCUT2D eigenvalue weighted by Crippen LogP contribution is -2.13. The smallest absolute Gasteiger partial charge is 0.227 e.